The van der Waals surface area contributed by atoms with Gasteiger partial charge in [-0.3, -0.25) is 4.79 Å². The summed E-state index contributed by atoms with van der Waals surface area (Å²) in [6.07, 6.45) is 2.25. The van der Waals surface area contributed by atoms with Crippen LogP contribution in [0.3, 0.4) is 0 Å². The van der Waals surface area contributed by atoms with Crippen LogP contribution in [0.1, 0.15) is 51.5 Å². The Labute approximate surface area is 121 Å². The van der Waals surface area contributed by atoms with Crippen LogP contribution in [-0.2, 0) is 4.79 Å². The van der Waals surface area contributed by atoms with E-state index in [0.29, 0.717) is 18.9 Å². The van der Waals surface area contributed by atoms with Crippen molar-refractivity contribution in [3.8, 4) is 5.75 Å². The van der Waals surface area contributed by atoms with Gasteiger partial charge in [-0.15, -0.1) is 0 Å². The third-order valence-electron chi connectivity index (χ3n) is 3.45. The van der Waals surface area contributed by atoms with Gasteiger partial charge in [-0.05, 0) is 43.7 Å². The van der Waals surface area contributed by atoms with Gasteiger partial charge in [0.1, 0.15) is 5.75 Å². The molecule has 0 fully saturated rings. The van der Waals surface area contributed by atoms with Crippen LogP contribution in [0.2, 0.25) is 0 Å². The zero-order valence-corrected chi connectivity index (χ0v) is 12.7. The molecule has 1 rings (SSSR count). The Morgan fingerprint density at radius 3 is 2.55 bits per heavy atom. The molecule has 1 aromatic rings. The van der Waals surface area contributed by atoms with E-state index in [4.69, 9.17) is 16.2 Å². The van der Waals surface area contributed by atoms with Crippen molar-refractivity contribution >= 4 is 5.91 Å². The van der Waals surface area contributed by atoms with E-state index < -0.39 is 11.4 Å². The first-order valence-corrected chi connectivity index (χ1v) is 7.15. The number of ether oxygens (including phenoxy) is 1. The highest BCUT2D eigenvalue weighted by Crippen LogP contribution is 2.26. The molecule has 0 spiro atoms. The number of hydrogen-bond donors (Lipinski definition) is 2. The normalized spacial score (nSPS) is 14.1. The molecule has 0 radical (unpaired) electrons. The van der Waals surface area contributed by atoms with Crippen molar-refractivity contribution < 1.29 is 9.53 Å². The SMILES string of the molecule is CC(C)c1ccccc1OCCCCC(C)(N)C(N)=O. The predicted octanol–water partition coefficient (Wildman–Crippen LogP) is 2.56. The second kappa shape index (κ2) is 7.29. The van der Waals surface area contributed by atoms with Gasteiger partial charge in [-0.1, -0.05) is 32.0 Å². The molecular formula is C16H26N2O2. The molecule has 112 valence electrons. The topological polar surface area (TPSA) is 78.3 Å². The number of rotatable bonds is 8. The molecule has 0 aromatic heterocycles. The van der Waals surface area contributed by atoms with Crippen molar-refractivity contribution in [2.75, 3.05) is 6.61 Å². The van der Waals surface area contributed by atoms with Crippen molar-refractivity contribution in [3.63, 3.8) is 0 Å². The zero-order chi connectivity index (χ0) is 15.2. The minimum Gasteiger partial charge on any atom is -0.493 e. The summed E-state index contributed by atoms with van der Waals surface area (Å²) in [5.74, 6) is 0.921. The zero-order valence-electron chi connectivity index (χ0n) is 12.7. The maximum atomic E-state index is 11.1. The number of benzene rings is 1. The average molecular weight is 278 g/mol. The van der Waals surface area contributed by atoms with Gasteiger partial charge in [0.2, 0.25) is 5.91 Å². The van der Waals surface area contributed by atoms with Gasteiger partial charge in [0.25, 0.3) is 0 Å². The third kappa shape index (κ3) is 4.85. The van der Waals surface area contributed by atoms with Crippen molar-refractivity contribution in [2.24, 2.45) is 11.5 Å². The summed E-state index contributed by atoms with van der Waals surface area (Å²) >= 11 is 0. The molecule has 0 heterocycles. The van der Waals surface area contributed by atoms with Gasteiger partial charge in [-0.25, -0.2) is 0 Å². The minimum absolute atomic E-state index is 0.438. The molecule has 0 bridgehead atoms. The standard InChI is InChI=1S/C16H26N2O2/c1-12(2)13-8-4-5-9-14(13)20-11-7-6-10-16(3,18)15(17)19/h4-5,8-9,12H,6-7,10-11,18H2,1-3H3,(H2,17,19). The molecule has 0 aliphatic heterocycles. The number of primary amides is 1. The van der Waals surface area contributed by atoms with E-state index in [2.05, 4.69) is 19.9 Å². The summed E-state index contributed by atoms with van der Waals surface area (Å²) in [5.41, 5.74) is 11.3. The van der Waals surface area contributed by atoms with E-state index in [0.717, 1.165) is 18.6 Å². The third-order valence-corrected chi connectivity index (χ3v) is 3.45. The first-order valence-electron chi connectivity index (χ1n) is 7.15. The van der Waals surface area contributed by atoms with Gasteiger partial charge in [0.15, 0.2) is 0 Å². The Hall–Kier alpha value is -1.55. The lowest BCUT2D eigenvalue weighted by atomic mass is 9.95. The lowest BCUT2D eigenvalue weighted by Gasteiger charge is -2.20. The van der Waals surface area contributed by atoms with Gasteiger partial charge in [0, 0.05) is 0 Å². The number of unbranched alkanes of at least 4 members (excludes halogenated alkanes) is 1. The number of hydrogen-bond acceptors (Lipinski definition) is 3. The van der Waals surface area contributed by atoms with Crippen LogP contribution in [0.15, 0.2) is 24.3 Å². The fourth-order valence-electron chi connectivity index (χ4n) is 1.99. The smallest absolute Gasteiger partial charge is 0.237 e. The summed E-state index contributed by atoms with van der Waals surface area (Å²) in [6.45, 7) is 6.59. The number of carbonyl (C=O) groups is 1. The van der Waals surface area contributed by atoms with Crippen LogP contribution in [-0.4, -0.2) is 18.1 Å². The molecule has 0 saturated carbocycles. The molecule has 1 unspecified atom stereocenters. The molecule has 0 aliphatic rings. The van der Waals surface area contributed by atoms with Crippen LogP contribution < -0.4 is 16.2 Å². The van der Waals surface area contributed by atoms with Crippen LogP contribution in [0.5, 0.6) is 5.75 Å². The fraction of sp³-hybridized carbons (Fsp3) is 0.562. The molecule has 4 heteroatoms. The number of nitrogens with two attached hydrogens (primary N) is 2. The van der Waals surface area contributed by atoms with E-state index in [9.17, 15) is 4.79 Å². The summed E-state index contributed by atoms with van der Waals surface area (Å²) in [6, 6.07) is 8.08. The molecule has 20 heavy (non-hydrogen) atoms. The Morgan fingerprint density at radius 1 is 1.30 bits per heavy atom. The highest BCUT2D eigenvalue weighted by molar-refractivity contribution is 5.83. The Balaban J connectivity index is 2.37. The van der Waals surface area contributed by atoms with Crippen molar-refractivity contribution in [1.82, 2.24) is 0 Å². The van der Waals surface area contributed by atoms with Crippen molar-refractivity contribution in [3.05, 3.63) is 29.8 Å². The second-order valence-electron chi connectivity index (χ2n) is 5.78. The number of para-hydroxylation sites is 1. The van der Waals surface area contributed by atoms with E-state index in [-0.39, 0.29) is 0 Å². The Kier molecular flexibility index (Phi) is 6.02. The largest absolute Gasteiger partial charge is 0.493 e. The first-order chi connectivity index (χ1) is 9.34. The lowest BCUT2D eigenvalue weighted by molar-refractivity contribution is -0.122. The number of amides is 1. The number of carbonyl (C=O) groups excluding carboxylic acids is 1. The molecular weight excluding hydrogens is 252 g/mol. The average Bonchev–Trinajstić information content (AvgIpc) is 2.38. The van der Waals surface area contributed by atoms with E-state index in [1.165, 1.54) is 5.56 Å². The summed E-state index contributed by atoms with van der Waals surface area (Å²) in [5, 5.41) is 0. The van der Waals surface area contributed by atoms with Crippen molar-refractivity contribution in [2.45, 2.75) is 51.5 Å². The highest BCUT2D eigenvalue weighted by Gasteiger charge is 2.24. The Morgan fingerprint density at radius 2 is 1.95 bits per heavy atom. The van der Waals surface area contributed by atoms with Gasteiger partial charge in [-0.2, -0.15) is 0 Å². The molecule has 1 atom stereocenters. The predicted molar refractivity (Wildman–Crippen MR) is 81.7 cm³/mol. The van der Waals surface area contributed by atoms with Crippen LogP contribution in [0.25, 0.3) is 0 Å². The van der Waals surface area contributed by atoms with Crippen LogP contribution >= 0.6 is 0 Å². The molecule has 0 aliphatic carbocycles. The van der Waals surface area contributed by atoms with E-state index in [1.54, 1.807) is 6.92 Å². The molecule has 1 aromatic carbocycles. The van der Waals surface area contributed by atoms with Crippen molar-refractivity contribution in [1.29, 1.82) is 0 Å². The van der Waals surface area contributed by atoms with Crippen LogP contribution in [0, 0.1) is 0 Å². The summed E-state index contributed by atoms with van der Waals surface area (Å²) in [7, 11) is 0. The Bertz CT molecular complexity index is 442. The van der Waals surface area contributed by atoms with Crippen LogP contribution in [0.4, 0.5) is 0 Å². The quantitative estimate of drug-likeness (QED) is 0.717. The monoisotopic (exact) mass is 278 g/mol. The maximum absolute atomic E-state index is 11.1. The first kappa shape index (κ1) is 16.5. The van der Waals surface area contributed by atoms with E-state index >= 15 is 0 Å². The highest BCUT2D eigenvalue weighted by atomic mass is 16.5. The molecule has 0 saturated heterocycles. The summed E-state index contributed by atoms with van der Waals surface area (Å²) < 4.78 is 5.82. The maximum Gasteiger partial charge on any atom is 0.237 e. The molecule has 1 amide bonds. The lowest BCUT2D eigenvalue weighted by Crippen LogP contribution is -2.49. The molecule has 4 N–H and O–H groups in total. The van der Waals surface area contributed by atoms with E-state index in [1.807, 2.05) is 18.2 Å². The van der Waals surface area contributed by atoms with Gasteiger partial charge < -0.3 is 16.2 Å². The fourth-order valence-corrected chi connectivity index (χ4v) is 1.99. The van der Waals surface area contributed by atoms with Gasteiger partial charge >= 0.3 is 0 Å². The molecule has 4 nitrogen and oxygen atoms in total. The summed E-state index contributed by atoms with van der Waals surface area (Å²) in [4.78, 5) is 11.1. The second-order valence-corrected chi connectivity index (χ2v) is 5.78. The van der Waals surface area contributed by atoms with Gasteiger partial charge in [0.05, 0.1) is 12.1 Å². The minimum atomic E-state index is -0.921.